The quantitative estimate of drug-likeness (QED) is 0.442. The molecule has 2 atom stereocenters. The average molecular weight is 450 g/mol. The number of hydrogen-bond acceptors (Lipinski definition) is 6. The summed E-state index contributed by atoms with van der Waals surface area (Å²) in [5.41, 5.74) is -0.286. The van der Waals surface area contributed by atoms with Crippen LogP contribution in [0.4, 0.5) is 13.6 Å². The van der Waals surface area contributed by atoms with Gasteiger partial charge in [-0.15, -0.1) is 0 Å². The van der Waals surface area contributed by atoms with Crippen LogP contribution in [0.1, 0.15) is 37.1 Å². The van der Waals surface area contributed by atoms with Crippen LogP contribution in [0.5, 0.6) is 5.95 Å². The zero-order valence-corrected chi connectivity index (χ0v) is 17.2. The lowest BCUT2D eigenvalue weighted by Crippen LogP contribution is -2.43. The molecule has 2 N–H and O–H groups in total. The summed E-state index contributed by atoms with van der Waals surface area (Å²) in [4.78, 5) is 28.4. The second-order valence-electron chi connectivity index (χ2n) is 7.41. The molecule has 8 nitrogen and oxygen atoms in total. The van der Waals surface area contributed by atoms with Crippen molar-refractivity contribution in [2.45, 2.75) is 50.2 Å². The number of amides is 1. The zero-order valence-electron chi connectivity index (χ0n) is 17.2. The highest BCUT2D eigenvalue weighted by atomic mass is 19.3. The summed E-state index contributed by atoms with van der Waals surface area (Å²) in [5.74, 6) is -3.54. The summed E-state index contributed by atoms with van der Waals surface area (Å²) in [7, 11) is 0. The number of carbonyl (C=O) groups excluding carboxylic acids is 1. The van der Waals surface area contributed by atoms with Crippen molar-refractivity contribution in [2.75, 3.05) is 6.54 Å². The number of ether oxygens (including phenoxy) is 1. The van der Waals surface area contributed by atoms with E-state index in [1.807, 2.05) is 0 Å². The second-order valence-corrected chi connectivity index (χ2v) is 7.41. The van der Waals surface area contributed by atoms with Crippen LogP contribution in [-0.2, 0) is 17.1 Å². The monoisotopic (exact) mass is 450 g/mol. The second kappa shape index (κ2) is 10.4. The Labute approximate surface area is 183 Å². The number of halogens is 2. The first-order valence-corrected chi connectivity index (χ1v) is 10.2. The van der Waals surface area contributed by atoms with Crippen molar-refractivity contribution in [3.8, 4) is 5.95 Å². The van der Waals surface area contributed by atoms with Gasteiger partial charge in [-0.3, -0.25) is 4.79 Å². The number of aryl methyl sites for hydroxylation is 1. The number of benzene rings is 1. The van der Waals surface area contributed by atoms with Crippen LogP contribution in [0.25, 0.3) is 0 Å². The van der Waals surface area contributed by atoms with E-state index in [2.05, 4.69) is 9.72 Å². The van der Waals surface area contributed by atoms with Gasteiger partial charge in [-0.25, -0.2) is 9.78 Å². The molecule has 1 fully saturated rings. The highest BCUT2D eigenvalue weighted by Gasteiger charge is 2.39. The van der Waals surface area contributed by atoms with Crippen LogP contribution >= 0.6 is 0 Å². The Morgan fingerprint density at radius 2 is 2.12 bits per heavy atom. The van der Waals surface area contributed by atoms with Crippen molar-refractivity contribution in [1.29, 1.82) is 0 Å². The molecule has 172 valence electrons. The van der Waals surface area contributed by atoms with E-state index in [-0.39, 0.29) is 23.3 Å². The summed E-state index contributed by atoms with van der Waals surface area (Å²) in [5, 5.41) is 18.6. The lowest BCUT2D eigenvalue weighted by molar-refractivity contribution is -0.135. The van der Waals surface area contributed by atoms with Crippen LogP contribution in [0.15, 0.2) is 53.1 Å². The first-order chi connectivity index (χ1) is 15.3. The highest BCUT2D eigenvalue weighted by molar-refractivity contribution is 5.77. The number of oxazole rings is 1. The number of rotatable bonds is 9. The molecule has 1 aromatic carbocycles. The van der Waals surface area contributed by atoms with Gasteiger partial charge in [0.05, 0.1) is 6.04 Å². The molecule has 0 spiro atoms. The Hall–Kier alpha value is -3.27. The van der Waals surface area contributed by atoms with E-state index in [1.165, 1.54) is 30.3 Å². The molecule has 1 aromatic heterocycles. The molecule has 0 bridgehead atoms. The minimum atomic E-state index is -3.46. The molecule has 10 heteroatoms. The molecule has 1 amide bonds. The SMILES string of the molecule is O=C(O)Oc1cnc(CCCN2C(=O)CCC[C@@H]2/C=C/[C@@H](O)C(F)(F)c2ccccc2)o1. The summed E-state index contributed by atoms with van der Waals surface area (Å²) in [6.45, 7) is 0.330. The molecule has 0 aliphatic carbocycles. The van der Waals surface area contributed by atoms with Crippen molar-refractivity contribution in [2.24, 2.45) is 0 Å². The molecule has 0 radical (unpaired) electrons. The highest BCUT2D eigenvalue weighted by Crippen LogP contribution is 2.32. The maximum Gasteiger partial charge on any atom is 0.513 e. The number of aromatic nitrogens is 1. The first kappa shape index (κ1) is 23.4. The van der Waals surface area contributed by atoms with Crippen LogP contribution in [-0.4, -0.2) is 50.9 Å². The zero-order chi connectivity index (χ0) is 23.1. The number of carbonyl (C=O) groups is 2. The minimum Gasteiger partial charge on any atom is -0.449 e. The number of hydrogen-bond donors (Lipinski definition) is 2. The summed E-state index contributed by atoms with van der Waals surface area (Å²) in [6.07, 6.45) is 2.51. The van der Waals surface area contributed by atoms with Gasteiger partial charge in [-0.2, -0.15) is 8.78 Å². The predicted molar refractivity (Wildman–Crippen MR) is 108 cm³/mol. The Kier molecular flexibility index (Phi) is 7.57. The number of aliphatic hydroxyl groups excluding tert-OH is 1. The van der Waals surface area contributed by atoms with Gasteiger partial charge in [0.25, 0.3) is 0 Å². The Bertz CT molecular complexity index is 947. The Balaban J connectivity index is 1.59. The van der Waals surface area contributed by atoms with E-state index < -0.39 is 24.2 Å². The van der Waals surface area contributed by atoms with E-state index in [0.29, 0.717) is 38.6 Å². The van der Waals surface area contributed by atoms with E-state index in [9.17, 15) is 23.5 Å². The normalized spacial score (nSPS) is 18.2. The smallest absolute Gasteiger partial charge is 0.449 e. The number of alkyl halides is 2. The van der Waals surface area contributed by atoms with Gasteiger partial charge in [-0.05, 0) is 19.3 Å². The van der Waals surface area contributed by atoms with Crippen molar-refractivity contribution >= 4 is 12.1 Å². The van der Waals surface area contributed by atoms with Crippen molar-refractivity contribution in [1.82, 2.24) is 9.88 Å². The molecule has 3 rings (SSSR count). The fourth-order valence-electron chi connectivity index (χ4n) is 3.57. The standard InChI is InChI=1S/C22H24F2N2O6/c23-22(24,15-6-2-1-3-7-15)17(27)12-11-16-8-4-10-19(28)26(16)13-5-9-18-25-14-20(31-18)32-21(29)30/h1-3,6-7,11-12,14,16-17,27H,4-5,8-10,13H2,(H,29,30)/b12-11+/t16-,17-/m1/s1. The maximum absolute atomic E-state index is 14.5. The molecule has 2 heterocycles. The van der Waals surface area contributed by atoms with Crippen LogP contribution < -0.4 is 4.74 Å². The fraction of sp³-hybridized carbons (Fsp3) is 0.409. The van der Waals surface area contributed by atoms with Crippen LogP contribution in [0, 0.1) is 0 Å². The van der Waals surface area contributed by atoms with Gasteiger partial charge in [-0.1, -0.05) is 42.5 Å². The largest absolute Gasteiger partial charge is 0.513 e. The lowest BCUT2D eigenvalue weighted by Gasteiger charge is -2.34. The van der Waals surface area contributed by atoms with Crippen LogP contribution in [0.3, 0.4) is 0 Å². The molecule has 1 aliphatic rings. The number of piperidine rings is 1. The first-order valence-electron chi connectivity index (χ1n) is 10.2. The number of likely N-dealkylation sites (tertiary alicyclic amines) is 1. The van der Waals surface area contributed by atoms with E-state index >= 15 is 0 Å². The van der Waals surface area contributed by atoms with E-state index in [4.69, 9.17) is 9.52 Å². The molecule has 32 heavy (non-hydrogen) atoms. The predicted octanol–water partition coefficient (Wildman–Crippen LogP) is 3.75. The lowest BCUT2D eigenvalue weighted by atomic mass is 9.98. The summed E-state index contributed by atoms with van der Waals surface area (Å²) >= 11 is 0. The van der Waals surface area contributed by atoms with E-state index in [0.717, 1.165) is 12.3 Å². The Morgan fingerprint density at radius 1 is 1.38 bits per heavy atom. The Morgan fingerprint density at radius 3 is 2.84 bits per heavy atom. The summed E-state index contributed by atoms with van der Waals surface area (Å²) in [6, 6.07) is 6.67. The van der Waals surface area contributed by atoms with E-state index in [1.54, 1.807) is 11.0 Å². The molecule has 1 aliphatic heterocycles. The van der Waals surface area contributed by atoms with Gasteiger partial charge in [0.15, 0.2) is 5.89 Å². The van der Waals surface area contributed by atoms with Gasteiger partial charge < -0.3 is 24.3 Å². The van der Waals surface area contributed by atoms with Gasteiger partial charge in [0.1, 0.15) is 12.3 Å². The minimum absolute atomic E-state index is 0.0995. The molecule has 1 saturated heterocycles. The molecule has 0 saturated carbocycles. The molecular weight excluding hydrogens is 426 g/mol. The van der Waals surface area contributed by atoms with Crippen molar-refractivity contribution in [3.05, 3.63) is 60.1 Å². The topological polar surface area (TPSA) is 113 Å². The third-order valence-electron chi connectivity index (χ3n) is 5.17. The number of nitrogens with zero attached hydrogens (tertiary/aromatic N) is 2. The average Bonchev–Trinajstić information content (AvgIpc) is 3.20. The molecule has 0 unspecified atom stereocenters. The fourth-order valence-corrected chi connectivity index (χ4v) is 3.57. The third-order valence-corrected chi connectivity index (χ3v) is 5.17. The third kappa shape index (κ3) is 5.91. The van der Waals surface area contributed by atoms with Gasteiger partial charge in [0.2, 0.25) is 5.91 Å². The summed E-state index contributed by atoms with van der Waals surface area (Å²) < 4.78 is 38.5. The van der Waals surface area contributed by atoms with Gasteiger partial charge >= 0.3 is 18.0 Å². The number of aliphatic hydroxyl groups is 1. The molecule has 2 aromatic rings. The maximum atomic E-state index is 14.5. The number of carboxylic acid groups (broad SMARTS) is 1. The van der Waals surface area contributed by atoms with Crippen molar-refractivity contribution in [3.63, 3.8) is 0 Å². The van der Waals surface area contributed by atoms with Crippen LogP contribution in [0.2, 0.25) is 0 Å². The van der Waals surface area contributed by atoms with Crippen molar-refractivity contribution < 1.29 is 37.7 Å². The van der Waals surface area contributed by atoms with Gasteiger partial charge in [0, 0.05) is 24.9 Å². The molecular formula is C22H24F2N2O6.